The molecule has 1 rings (SSSR count). The number of hydrogen-bond donors (Lipinski definition) is 2. The number of halogens is 2. The molecule has 1 aromatic carbocycles. The van der Waals surface area contributed by atoms with E-state index in [9.17, 15) is 9.18 Å². The molecule has 0 aliphatic heterocycles. The molecule has 0 spiro atoms. The Balaban J connectivity index is 2.52. The van der Waals surface area contributed by atoms with Crippen molar-refractivity contribution in [3.05, 3.63) is 29.0 Å². The Bertz CT molecular complexity index is 530. The smallest absolute Gasteiger partial charge is 0.407 e. The molecule has 0 bridgehead atoms. The topological polar surface area (TPSA) is 50.4 Å². The maximum atomic E-state index is 13.1. The predicted octanol–water partition coefficient (Wildman–Crippen LogP) is 4.69. The summed E-state index contributed by atoms with van der Waals surface area (Å²) in [6.45, 7) is 10.8. The number of carbonyl (C=O) groups is 1. The lowest BCUT2D eigenvalue weighted by Gasteiger charge is -2.24. The van der Waals surface area contributed by atoms with Gasteiger partial charge in [0.1, 0.15) is 11.4 Å². The van der Waals surface area contributed by atoms with Gasteiger partial charge in [-0.1, -0.05) is 25.4 Å². The van der Waals surface area contributed by atoms with E-state index in [2.05, 4.69) is 24.5 Å². The van der Waals surface area contributed by atoms with Crippen LogP contribution in [0.2, 0.25) is 5.02 Å². The number of carbonyl (C=O) groups excluding carboxylic acids is 1. The SMILES string of the molecule is CC(C)C(CNC(=O)OC(C)(C)C)CNc1ccc(F)c(Cl)c1. The third kappa shape index (κ3) is 7.55. The average molecular weight is 345 g/mol. The summed E-state index contributed by atoms with van der Waals surface area (Å²) in [5.41, 5.74) is 0.236. The highest BCUT2D eigenvalue weighted by molar-refractivity contribution is 6.31. The fourth-order valence-electron chi connectivity index (χ4n) is 1.93. The van der Waals surface area contributed by atoms with E-state index in [0.717, 1.165) is 5.69 Å². The molecule has 0 aliphatic rings. The predicted molar refractivity (Wildman–Crippen MR) is 92.5 cm³/mol. The first-order chi connectivity index (χ1) is 10.6. The van der Waals surface area contributed by atoms with Gasteiger partial charge in [-0.05, 0) is 50.8 Å². The molecular weight excluding hydrogens is 319 g/mol. The van der Waals surface area contributed by atoms with Gasteiger partial charge >= 0.3 is 6.09 Å². The number of nitrogens with one attached hydrogen (secondary N) is 2. The van der Waals surface area contributed by atoms with Gasteiger partial charge in [0, 0.05) is 18.8 Å². The van der Waals surface area contributed by atoms with Gasteiger partial charge in [0.15, 0.2) is 0 Å². The number of alkyl carbamates (subject to hydrolysis) is 1. The summed E-state index contributed by atoms with van der Waals surface area (Å²) in [5, 5.41) is 6.10. The number of ether oxygens (including phenoxy) is 1. The zero-order valence-electron chi connectivity index (χ0n) is 14.4. The minimum absolute atomic E-state index is 0.0861. The molecule has 23 heavy (non-hydrogen) atoms. The molecule has 0 aromatic heterocycles. The summed E-state index contributed by atoms with van der Waals surface area (Å²) in [7, 11) is 0. The standard InChI is InChI=1S/C17H26ClFN2O2/c1-11(2)12(10-21-16(22)23-17(3,4)5)9-20-13-6-7-15(19)14(18)8-13/h6-8,11-12,20H,9-10H2,1-5H3,(H,21,22). The average Bonchev–Trinajstić information content (AvgIpc) is 2.40. The van der Waals surface area contributed by atoms with Crippen LogP contribution in [0.4, 0.5) is 14.9 Å². The van der Waals surface area contributed by atoms with Crippen molar-refractivity contribution in [2.24, 2.45) is 11.8 Å². The first-order valence-corrected chi connectivity index (χ1v) is 8.12. The van der Waals surface area contributed by atoms with Gasteiger partial charge in [-0.2, -0.15) is 0 Å². The quantitative estimate of drug-likeness (QED) is 0.787. The molecule has 0 heterocycles. The lowest BCUT2D eigenvalue weighted by molar-refractivity contribution is 0.0516. The van der Waals surface area contributed by atoms with Crippen LogP contribution < -0.4 is 10.6 Å². The molecule has 6 heteroatoms. The van der Waals surface area contributed by atoms with Crippen molar-refractivity contribution in [2.45, 2.75) is 40.2 Å². The number of amides is 1. The fraction of sp³-hybridized carbons (Fsp3) is 0.588. The van der Waals surface area contributed by atoms with Gasteiger partial charge < -0.3 is 15.4 Å². The molecule has 1 atom stereocenters. The largest absolute Gasteiger partial charge is 0.444 e. The van der Waals surface area contributed by atoms with E-state index in [4.69, 9.17) is 16.3 Å². The second-order valence-electron chi connectivity index (χ2n) is 6.90. The number of anilines is 1. The summed E-state index contributed by atoms with van der Waals surface area (Å²) in [6, 6.07) is 4.52. The summed E-state index contributed by atoms with van der Waals surface area (Å²) < 4.78 is 18.4. The van der Waals surface area contributed by atoms with Gasteiger partial charge in [0.2, 0.25) is 0 Å². The molecule has 1 aromatic rings. The first kappa shape index (κ1) is 19.6. The Morgan fingerprint density at radius 1 is 1.30 bits per heavy atom. The molecule has 130 valence electrons. The summed E-state index contributed by atoms with van der Waals surface area (Å²) in [5.74, 6) is 0.115. The Hall–Kier alpha value is -1.49. The Kier molecular flexibility index (Phi) is 7.13. The van der Waals surface area contributed by atoms with Crippen molar-refractivity contribution in [3.63, 3.8) is 0 Å². The third-order valence-corrected chi connectivity index (χ3v) is 3.63. The maximum absolute atomic E-state index is 13.1. The van der Waals surface area contributed by atoms with Crippen LogP contribution in [0.3, 0.4) is 0 Å². The highest BCUT2D eigenvalue weighted by atomic mass is 35.5. The molecular formula is C17H26ClFN2O2. The molecule has 1 amide bonds. The first-order valence-electron chi connectivity index (χ1n) is 7.74. The van der Waals surface area contributed by atoms with E-state index in [1.54, 1.807) is 12.1 Å². The van der Waals surface area contributed by atoms with Crippen molar-refractivity contribution in [1.82, 2.24) is 5.32 Å². The molecule has 2 N–H and O–H groups in total. The van der Waals surface area contributed by atoms with Crippen LogP contribution >= 0.6 is 11.6 Å². The fourth-order valence-corrected chi connectivity index (χ4v) is 2.11. The Morgan fingerprint density at radius 2 is 1.96 bits per heavy atom. The van der Waals surface area contributed by atoms with Gasteiger partial charge in [0.25, 0.3) is 0 Å². The monoisotopic (exact) mass is 344 g/mol. The summed E-state index contributed by atoms with van der Waals surface area (Å²) in [4.78, 5) is 11.7. The van der Waals surface area contributed by atoms with Gasteiger partial charge in [-0.15, -0.1) is 0 Å². The Labute approximate surface area is 142 Å². The van der Waals surface area contributed by atoms with E-state index in [0.29, 0.717) is 19.0 Å². The van der Waals surface area contributed by atoms with Crippen LogP contribution in [-0.4, -0.2) is 24.8 Å². The molecule has 0 fully saturated rings. The van der Waals surface area contributed by atoms with Crippen molar-refractivity contribution in [3.8, 4) is 0 Å². The van der Waals surface area contributed by atoms with Crippen LogP contribution in [-0.2, 0) is 4.74 Å². The lowest BCUT2D eigenvalue weighted by Crippen LogP contribution is -2.38. The van der Waals surface area contributed by atoms with E-state index in [-0.39, 0.29) is 10.9 Å². The van der Waals surface area contributed by atoms with Gasteiger partial charge in [0.05, 0.1) is 5.02 Å². The molecule has 0 aliphatic carbocycles. The zero-order chi connectivity index (χ0) is 17.6. The second-order valence-corrected chi connectivity index (χ2v) is 7.30. The minimum atomic E-state index is -0.513. The van der Waals surface area contributed by atoms with E-state index in [1.165, 1.54) is 6.07 Å². The minimum Gasteiger partial charge on any atom is -0.444 e. The molecule has 1 unspecified atom stereocenters. The number of rotatable bonds is 6. The van der Waals surface area contributed by atoms with Crippen LogP contribution in [0.15, 0.2) is 18.2 Å². The molecule has 0 saturated carbocycles. The lowest BCUT2D eigenvalue weighted by atomic mass is 9.95. The highest BCUT2D eigenvalue weighted by Crippen LogP contribution is 2.20. The highest BCUT2D eigenvalue weighted by Gasteiger charge is 2.19. The summed E-state index contributed by atoms with van der Waals surface area (Å²) >= 11 is 5.77. The molecule has 0 saturated heterocycles. The molecule has 4 nitrogen and oxygen atoms in total. The second kappa shape index (κ2) is 8.39. The third-order valence-electron chi connectivity index (χ3n) is 3.34. The van der Waals surface area contributed by atoms with Crippen LogP contribution in [0.25, 0.3) is 0 Å². The van der Waals surface area contributed by atoms with Gasteiger partial charge in [-0.3, -0.25) is 0 Å². The number of hydrogen-bond acceptors (Lipinski definition) is 3. The molecule has 0 radical (unpaired) electrons. The van der Waals surface area contributed by atoms with E-state index < -0.39 is 17.5 Å². The number of benzene rings is 1. The zero-order valence-corrected chi connectivity index (χ0v) is 15.1. The van der Waals surface area contributed by atoms with Crippen molar-refractivity contribution >= 4 is 23.4 Å². The van der Waals surface area contributed by atoms with Crippen LogP contribution in [0, 0.1) is 17.7 Å². The van der Waals surface area contributed by atoms with Crippen molar-refractivity contribution < 1.29 is 13.9 Å². The maximum Gasteiger partial charge on any atom is 0.407 e. The van der Waals surface area contributed by atoms with Crippen LogP contribution in [0.1, 0.15) is 34.6 Å². The van der Waals surface area contributed by atoms with E-state index in [1.807, 2.05) is 20.8 Å². The summed E-state index contributed by atoms with van der Waals surface area (Å²) in [6.07, 6.45) is -0.423. The Morgan fingerprint density at radius 3 is 2.48 bits per heavy atom. The normalized spacial score (nSPS) is 12.9. The van der Waals surface area contributed by atoms with E-state index >= 15 is 0 Å². The van der Waals surface area contributed by atoms with Crippen LogP contribution in [0.5, 0.6) is 0 Å². The van der Waals surface area contributed by atoms with Gasteiger partial charge in [-0.25, -0.2) is 9.18 Å². The van der Waals surface area contributed by atoms with Crippen molar-refractivity contribution in [1.29, 1.82) is 0 Å². The van der Waals surface area contributed by atoms with Crippen molar-refractivity contribution in [2.75, 3.05) is 18.4 Å².